The molecule has 4 rings (SSSR count). The van der Waals surface area contributed by atoms with Gasteiger partial charge in [0.15, 0.2) is 0 Å². The van der Waals surface area contributed by atoms with Crippen molar-refractivity contribution in [2.75, 3.05) is 13.1 Å². The first-order valence-corrected chi connectivity index (χ1v) is 8.18. The van der Waals surface area contributed by atoms with E-state index in [1.165, 1.54) is 32.1 Å². The predicted molar refractivity (Wildman–Crippen MR) is 84.3 cm³/mol. The lowest BCUT2D eigenvalue weighted by Gasteiger charge is -2.41. The van der Waals surface area contributed by atoms with Gasteiger partial charge in [-0.3, -0.25) is 4.79 Å². The Morgan fingerprint density at radius 2 is 1.90 bits per heavy atom. The summed E-state index contributed by atoms with van der Waals surface area (Å²) in [4.78, 5) is 18.1. The normalized spacial score (nSPS) is 25.8. The Morgan fingerprint density at radius 3 is 2.76 bits per heavy atom. The van der Waals surface area contributed by atoms with Gasteiger partial charge in [-0.2, -0.15) is 0 Å². The van der Waals surface area contributed by atoms with Crippen molar-refractivity contribution in [3.8, 4) is 0 Å². The van der Waals surface area contributed by atoms with Gasteiger partial charge in [-0.05, 0) is 36.8 Å². The molecule has 3 nitrogen and oxygen atoms in total. The van der Waals surface area contributed by atoms with Crippen LogP contribution in [0.1, 0.15) is 42.6 Å². The molecule has 2 aliphatic rings. The molecule has 2 atom stereocenters. The number of aromatic nitrogens is 1. The van der Waals surface area contributed by atoms with Gasteiger partial charge in [0.2, 0.25) is 0 Å². The summed E-state index contributed by atoms with van der Waals surface area (Å²) >= 11 is 0. The Hall–Kier alpha value is -1.77. The van der Waals surface area contributed by atoms with E-state index in [0.717, 1.165) is 41.5 Å². The monoisotopic (exact) mass is 282 g/mol. The van der Waals surface area contributed by atoms with Crippen molar-refractivity contribution < 1.29 is 4.79 Å². The number of carbonyl (C=O) groups is 1. The van der Waals surface area contributed by atoms with Gasteiger partial charge < -0.3 is 9.88 Å². The number of likely N-dealkylation sites (tertiary alicyclic amines) is 1. The average Bonchev–Trinajstić information content (AvgIpc) is 2.97. The maximum atomic E-state index is 12.7. The highest BCUT2D eigenvalue weighted by molar-refractivity contribution is 5.98. The van der Waals surface area contributed by atoms with Gasteiger partial charge in [-0.15, -0.1) is 0 Å². The highest BCUT2D eigenvalue weighted by Gasteiger charge is 2.33. The third-order valence-corrected chi connectivity index (χ3v) is 5.34. The number of carbonyl (C=O) groups excluding carboxylic acids is 1. The van der Waals surface area contributed by atoms with E-state index in [1.54, 1.807) is 0 Å². The summed E-state index contributed by atoms with van der Waals surface area (Å²) in [6.45, 7) is 1.88. The highest BCUT2D eigenvalue weighted by Crippen LogP contribution is 2.36. The molecule has 21 heavy (non-hydrogen) atoms. The molecular formula is C18H22N2O. The summed E-state index contributed by atoms with van der Waals surface area (Å²) in [5.41, 5.74) is 1.79. The van der Waals surface area contributed by atoms with Crippen molar-refractivity contribution in [3.63, 3.8) is 0 Å². The second-order valence-electron chi connectivity index (χ2n) is 6.61. The van der Waals surface area contributed by atoms with Gasteiger partial charge in [0.1, 0.15) is 5.69 Å². The van der Waals surface area contributed by atoms with E-state index in [-0.39, 0.29) is 5.91 Å². The molecule has 0 bridgehead atoms. The minimum Gasteiger partial charge on any atom is -0.351 e. The van der Waals surface area contributed by atoms with Crippen LogP contribution >= 0.6 is 0 Å². The summed E-state index contributed by atoms with van der Waals surface area (Å²) in [5, 5.41) is 1.12. The van der Waals surface area contributed by atoms with E-state index in [4.69, 9.17) is 0 Å². The zero-order valence-electron chi connectivity index (χ0n) is 12.3. The number of fused-ring (bicyclic) bond motifs is 2. The molecule has 3 heteroatoms. The van der Waals surface area contributed by atoms with Crippen LogP contribution in [0.5, 0.6) is 0 Å². The molecule has 0 spiro atoms. The van der Waals surface area contributed by atoms with E-state index in [1.807, 2.05) is 24.3 Å². The van der Waals surface area contributed by atoms with E-state index in [2.05, 4.69) is 16.0 Å². The van der Waals surface area contributed by atoms with Crippen LogP contribution in [0.4, 0.5) is 0 Å². The Bertz CT molecular complexity index is 627. The number of benzene rings is 1. The number of nitrogens with zero attached hydrogens (tertiary/aromatic N) is 1. The fraction of sp³-hybridized carbons (Fsp3) is 0.500. The second kappa shape index (κ2) is 5.21. The Kier molecular flexibility index (Phi) is 3.21. The molecule has 110 valence electrons. The van der Waals surface area contributed by atoms with Crippen molar-refractivity contribution in [3.05, 3.63) is 36.0 Å². The Morgan fingerprint density at radius 1 is 1.10 bits per heavy atom. The first-order valence-electron chi connectivity index (χ1n) is 8.18. The number of nitrogens with one attached hydrogen (secondary N) is 1. The minimum absolute atomic E-state index is 0.176. The Labute approximate surface area is 125 Å². The highest BCUT2D eigenvalue weighted by atomic mass is 16.2. The zero-order chi connectivity index (χ0) is 14.2. The number of amides is 1. The quantitative estimate of drug-likeness (QED) is 0.848. The number of hydrogen-bond acceptors (Lipinski definition) is 1. The summed E-state index contributed by atoms with van der Waals surface area (Å²) in [6.07, 6.45) is 6.60. The van der Waals surface area contributed by atoms with E-state index >= 15 is 0 Å². The van der Waals surface area contributed by atoms with Crippen LogP contribution in [0.15, 0.2) is 30.3 Å². The molecule has 1 aliphatic carbocycles. The number of hydrogen-bond donors (Lipinski definition) is 1. The van der Waals surface area contributed by atoms with Gasteiger partial charge in [-0.25, -0.2) is 0 Å². The molecular weight excluding hydrogens is 260 g/mol. The lowest BCUT2D eigenvalue weighted by atomic mass is 9.75. The van der Waals surface area contributed by atoms with Crippen molar-refractivity contribution in [2.45, 2.75) is 32.1 Å². The lowest BCUT2D eigenvalue weighted by Crippen LogP contribution is -2.44. The maximum Gasteiger partial charge on any atom is 0.270 e. The minimum atomic E-state index is 0.176. The smallest absolute Gasteiger partial charge is 0.270 e. The third kappa shape index (κ3) is 2.35. The number of H-pyrrole nitrogens is 1. The van der Waals surface area contributed by atoms with Gasteiger partial charge in [-0.1, -0.05) is 37.5 Å². The average molecular weight is 282 g/mol. The van der Waals surface area contributed by atoms with Crippen LogP contribution in [0, 0.1) is 11.8 Å². The molecule has 1 saturated heterocycles. The number of piperidine rings is 1. The van der Waals surface area contributed by atoms with E-state index in [0.29, 0.717) is 0 Å². The van der Waals surface area contributed by atoms with E-state index < -0.39 is 0 Å². The largest absolute Gasteiger partial charge is 0.351 e. The topological polar surface area (TPSA) is 36.1 Å². The number of aromatic amines is 1. The summed E-state index contributed by atoms with van der Waals surface area (Å²) in [6, 6.07) is 10.1. The molecule has 1 saturated carbocycles. The van der Waals surface area contributed by atoms with Gasteiger partial charge >= 0.3 is 0 Å². The summed E-state index contributed by atoms with van der Waals surface area (Å²) in [5.74, 6) is 1.78. The molecule has 1 amide bonds. The maximum absolute atomic E-state index is 12.7. The van der Waals surface area contributed by atoms with Crippen molar-refractivity contribution in [2.24, 2.45) is 11.8 Å². The van der Waals surface area contributed by atoms with Gasteiger partial charge in [0.25, 0.3) is 5.91 Å². The number of rotatable bonds is 1. The molecule has 1 aromatic carbocycles. The van der Waals surface area contributed by atoms with Crippen molar-refractivity contribution >= 4 is 16.8 Å². The fourth-order valence-electron chi connectivity index (χ4n) is 4.14. The van der Waals surface area contributed by atoms with Crippen LogP contribution < -0.4 is 0 Å². The lowest BCUT2D eigenvalue weighted by molar-refractivity contribution is 0.0516. The van der Waals surface area contributed by atoms with Crippen molar-refractivity contribution in [1.29, 1.82) is 0 Å². The van der Waals surface area contributed by atoms with Gasteiger partial charge in [0, 0.05) is 24.0 Å². The van der Waals surface area contributed by atoms with Crippen LogP contribution in [-0.4, -0.2) is 28.9 Å². The predicted octanol–water partition coefficient (Wildman–Crippen LogP) is 3.82. The zero-order valence-corrected chi connectivity index (χ0v) is 12.3. The Balaban J connectivity index is 1.54. The third-order valence-electron chi connectivity index (χ3n) is 5.34. The standard InChI is InChI=1S/C18H22N2O/c21-18(17-11-14-6-3-4-8-16(14)19-17)20-10-9-13-5-1-2-7-15(13)12-20/h3-4,6,8,11,13,15,19H,1-2,5,7,9-10,12H2. The first kappa shape index (κ1) is 12.9. The molecule has 2 aromatic rings. The molecule has 1 aliphatic heterocycles. The molecule has 0 radical (unpaired) electrons. The number of para-hydroxylation sites is 1. The van der Waals surface area contributed by atoms with Crippen LogP contribution in [0.2, 0.25) is 0 Å². The summed E-state index contributed by atoms with van der Waals surface area (Å²) < 4.78 is 0. The van der Waals surface area contributed by atoms with Crippen LogP contribution in [0.25, 0.3) is 10.9 Å². The molecule has 2 heterocycles. The first-order chi connectivity index (χ1) is 10.3. The second-order valence-corrected chi connectivity index (χ2v) is 6.61. The SMILES string of the molecule is O=C(c1cc2ccccc2[nH]1)N1CCC2CCCCC2C1. The molecule has 1 N–H and O–H groups in total. The van der Waals surface area contributed by atoms with Crippen LogP contribution in [0.3, 0.4) is 0 Å². The summed E-state index contributed by atoms with van der Waals surface area (Å²) in [7, 11) is 0. The fourth-order valence-corrected chi connectivity index (χ4v) is 4.14. The molecule has 2 unspecified atom stereocenters. The van der Waals surface area contributed by atoms with E-state index in [9.17, 15) is 4.79 Å². The van der Waals surface area contributed by atoms with Crippen molar-refractivity contribution in [1.82, 2.24) is 9.88 Å². The molecule has 1 aromatic heterocycles. The molecule has 2 fully saturated rings. The van der Waals surface area contributed by atoms with Gasteiger partial charge in [0.05, 0.1) is 0 Å². The van der Waals surface area contributed by atoms with Crippen LogP contribution in [-0.2, 0) is 0 Å².